The number of hydrogen-bond acceptors (Lipinski definition) is 23. The predicted molar refractivity (Wildman–Crippen MR) is 330 cm³/mol. The topological polar surface area (TPSA) is 392 Å². The Labute approximate surface area is 523 Å². The van der Waals surface area contributed by atoms with Gasteiger partial charge < -0.3 is 69.0 Å². The number of ether oxygens (including phenoxy) is 1. The van der Waals surface area contributed by atoms with E-state index in [0.29, 0.717) is 6.42 Å². The Kier molecular flexibility index (Phi) is 39.1. The van der Waals surface area contributed by atoms with Crippen LogP contribution < -0.4 is 35.9 Å². The highest BCUT2D eigenvalue weighted by atomic mass is 32.2. The fourth-order valence-electron chi connectivity index (χ4n) is 9.37. The highest BCUT2D eigenvalue weighted by Crippen LogP contribution is 2.56. The smallest absolute Gasteiger partial charge is 0.274 e. The van der Waals surface area contributed by atoms with E-state index in [1.807, 2.05) is 0 Å². The summed E-state index contributed by atoms with van der Waals surface area (Å²) >= 11 is 0.933. The number of aliphatic hydroxyl groups is 2. The maximum absolute atomic E-state index is 12.7. The van der Waals surface area contributed by atoms with Crippen molar-refractivity contribution in [2.45, 2.75) is 231 Å². The van der Waals surface area contributed by atoms with Crippen molar-refractivity contribution in [3.8, 4) is 0 Å². The van der Waals surface area contributed by atoms with Crippen LogP contribution in [0, 0.1) is 5.41 Å². The summed E-state index contributed by atoms with van der Waals surface area (Å²) in [6, 6.07) is 0. The molecule has 7 atom stereocenters. The molecule has 0 aliphatic carbocycles. The summed E-state index contributed by atoms with van der Waals surface area (Å²) in [5, 5.41) is 26.2. The van der Waals surface area contributed by atoms with Crippen molar-refractivity contribution in [3.05, 3.63) is 61.3 Å². The van der Waals surface area contributed by atoms with E-state index in [2.05, 4.69) is 99.0 Å². The van der Waals surface area contributed by atoms with Gasteiger partial charge in [0.2, 0.25) is 11.8 Å². The number of Topliss-reactive ketones (excluding diaryl/α,β-unsaturated/α-hetero) is 1. The molecule has 1 aliphatic rings. The molecule has 0 aromatic carbocycles. The number of nitrogens with zero attached hydrogens (tertiary/aromatic N) is 4. The fraction of sp³-hybridized carbons (Fsp3) is 0.712. The number of nitrogens with two attached hydrogens (primary N) is 1. The lowest BCUT2D eigenvalue weighted by molar-refractivity contribution is -0.347. The molecule has 0 radical (unpaired) electrons. The molecule has 6 N–H and O–H groups in total. The Morgan fingerprint density at radius 2 is 1.25 bits per heavy atom. The van der Waals surface area contributed by atoms with Crippen LogP contribution in [0.2, 0.25) is 0 Å². The van der Waals surface area contributed by atoms with Gasteiger partial charge in [0, 0.05) is 37.1 Å². The molecular weight excluding hydrogens is 1220 g/mol. The number of nitrogen functional groups attached to an aromatic ring is 1. The van der Waals surface area contributed by atoms with Gasteiger partial charge in [-0.1, -0.05) is 190 Å². The van der Waals surface area contributed by atoms with Gasteiger partial charge in [0.1, 0.15) is 42.0 Å². The Balaban J connectivity index is 1.13. The lowest BCUT2D eigenvalue weighted by Gasteiger charge is -2.36. The summed E-state index contributed by atoms with van der Waals surface area (Å²) in [7, 11) is -17.7. The molecule has 1 saturated heterocycles. The molecule has 0 bridgehead atoms. The Morgan fingerprint density at radius 1 is 0.727 bits per heavy atom. The van der Waals surface area contributed by atoms with Crippen molar-refractivity contribution in [3.63, 3.8) is 0 Å². The molecule has 500 valence electrons. The van der Waals surface area contributed by atoms with Crippen LogP contribution in [0.3, 0.4) is 0 Å². The maximum Gasteiger partial charge on any atom is 0.274 e. The average molecular weight is 1320 g/mol. The highest BCUT2D eigenvalue weighted by molar-refractivity contribution is 8.13. The molecule has 29 heteroatoms. The summed E-state index contributed by atoms with van der Waals surface area (Å²) in [5.41, 5.74) is 4.06. The van der Waals surface area contributed by atoms with Crippen LogP contribution in [0.5, 0.6) is 0 Å². The number of rotatable bonds is 51. The number of anilines is 1. The quantitative estimate of drug-likeness (QED) is 0.0179. The Hall–Kier alpha value is -3.81. The first kappa shape index (κ1) is 78.4. The number of phosphoric ester groups is 3. The SMILES string of the molecule is CCCCC/C=C\C/C=C\C/C=C\C/C=C\CCCCCCCCCCCCCCCCCCCC(=O)CC(=O)SCCNC(=O)CCNC(=O)[C@H](O)C(C)(C)COP(=O)([O-])OP(=O)([O-])OC[C@H]1O[C@@H](n2cnc3c(N)ncnc32)[C@H](O)[C@@H]1OP(=O)([O-])[O-]. The van der Waals surface area contributed by atoms with Crippen LogP contribution in [-0.2, 0) is 55.5 Å². The third-order valence-electron chi connectivity index (χ3n) is 14.4. The highest BCUT2D eigenvalue weighted by Gasteiger charge is 2.47. The van der Waals surface area contributed by atoms with Crippen LogP contribution in [0.25, 0.3) is 11.2 Å². The predicted octanol–water partition coefficient (Wildman–Crippen LogP) is 8.48. The second-order valence-electron chi connectivity index (χ2n) is 22.6. The van der Waals surface area contributed by atoms with E-state index in [1.165, 1.54) is 129 Å². The second kappa shape index (κ2) is 43.9. The first-order chi connectivity index (χ1) is 41.9. The van der Waals surface area contributed by atoms with Gasteiger partial charge in [0.05, 0.1) is 33.8 Å². The third-order valence-corrected chi connectivity index (χ3v) is 18.3. The minimum atomic E-state index is -5.94. The molecule has 25 nitrogen and oxygen atoms in total. The van der Waals surface area contributed by atoms with E-state index in [-0.39, 0.29) is 59.6 Å². The van der Waals surface area contributed by atoms with E-state index in [0.717, 1.165) is 73.9 Å². The molecule has 0 spiro atoms. The monoisotopic (exact) mass is 1320 g/mol. The van der Waals surface area contributed by atoms with E-state index < -0.39 is 84.6 Å². The molecule has 2 aromatic rings. The minimum absolute atomic E-state index is 0.0255. The van der Waals surface area contributed by atoms with Crippen molar-refractivity contribution >= 4 is 74.9 Å². The fourth-order valence-corrected chi connectivity index (χ4v) is 12.8. The van der Waals surface area contributed by atoms with Gasteiger partial charge in [-0.15, -0.1) is 0 Å². The lowest BCUT2D eigenvalue weighted by Crippen LogP contribution is -2.46. The summed E-state index contributed by atoms with van der Waals surface area (Å²) in [6.45, 7) is 2.18. The first-order valence-electron chi connectivity index (χ1n) is 31.0. The third kappa shape index (κ3) is 34.6. The van der Waals surface area contributed by atoms with Crippen molar-refractivity contribution < 1.29 is 85.3 Å². The van der Waals surface area contributed by atoms with Gasteiger partial charge in [-0.05, 0) is 51.4 Å². The number of thioether (sulfide) groups is 1. The molecule has 2 unspecified atom stereocenters. The second-order valence-corrected chi connectivity index (χ2v) is 27.8. The number of allylic oxidation sites excluding steroid dienone is 8. The Morgan fingerprint density at radius 3 is 1.81 bits per heavy atom. The van der Waals surface area contributed by atoms with Crippen molar-refractivity contribution in [1.82, 2.24) is 30.2 Å². The largest absolute Gasteiger partial charge is 0.790 e. The summed E-state index contributed by atoms with van der Waals surface area (Å²) in [4.78, 5) is 110. The van der Waals surface area contributed by atoms with Gasteiger partial charge in [0.15, 0.2) is 22.8 Å². The van der Waals surface area contributed by atoms with E-state index in [4.69, 9.17) is 10.5 Å². The summed E-state index contributed by atoms with van der Waals surface area (Å²) < 4.78 is 61.0. The van der Waals surface area contributed by atoms with Crippen molar-refractivity contribution in [2.75, 3.05) is 37.8 Å². The number of nitrogens with one attached hydrogen (secondary N) is 2. The number of ketones is 1. The molecule has 2 amide bonds. The first-order valence-corrected chi connectivity index (χ1v) is 36.4. The van der Waals surface area contributed by atoms with Crippen molar-refractivity contribution in [2.24, 2.45) is 5.41 Å². The molecule has 3 heterocycles. The van der Waals surface area contributed by atoms with Gasteiger partial charge in [-0.25, -0.2) is 19.3 Å². The number of aliphatic hydroxyl groups excluding tert-OH is 2. The van der Waals surface area contributed by atoms with Crippen LogP contribution in [0.4, 0.5) is 5.82 Å². The summed E-state index contributed by atoms with van der Waals surface area (Å²) in [6.07, 6.45) is 40.9. The van der Waals surface area contributed by atoms with Crippen LogP contribution in [-0.4, -0.2) is 109 Å². The van der Waals surface area contributed by atoms with Crippen LogP contribution >= 0.6 is 35.2 Å². The van der Waals surface area contributed by atoms with Gasteiger partial charge in [-0.3, -0.25) is 32.9 Å². The molecule has 2 aromatic heterocycles. The minimum Gasteiger partial charge on any atom is -0.790 e. The Bertz CT molecular complexity index is 2640. The van der Waals surface area contributed by atoms with E-state index >= 15 is 0 Å². The summed E-state index contributed by atoms with van der Waals surface area (Å²) in [5.74, 6) is -1.51. The zero-order chi connectivity index (χ0) is 64.7. The maximum atomic E-state index is 12.7. The number of carbonyl (C=O) groups excluding carboxylic acids is 4. The molecule has 1 aliphatic heterocycles. The lowest BCUT2D eigenvalue weighted by atomic mass is 9.87. The average Bonchev–Trinajstić information content (AvgIpc) is 2.62. The number of fused-ring (bicyclic) bond motifs is 1. The molecule has 3 rings (SSSR count). The number of unbranched alkanes of at least 4 members (excludes halogenated alkanes) is 20. The van der Waals surface area contributed by atoms with E-state index in [9.17, 15) is 62.7 Å². The van der Waals surface area contributed by atoms with Crippen LogP contribution in [0.1, 0.15) is 207 Å². The number of phosphoric acid groups is 3. The number of imidazole rings is 1. The van der Waals surface area contributed by atoms with E-state index in [1.54, 1.807) is 0 Å². The van der Waals surface area contributed by atoms with Crippen LogP contribution in [0.15, 0.2) is 61.3 Å². The zero-order valence-electron chi connectivity index (χ0n) is 51.5. The normalized spacial score (nSPS) is 18.5. The number of aromatic nitrogens is 4. The van der Waals surface area contributed by atoms with Gasteiger partial charge in [0.25, 0.3) is 15.6 Å². The van der Waals surface area contributed by atoms with Crippen molar-refractivity contribution in [1.29, 1.82) is 0 Å². The number of carbonyl (C=O) groups is 4. The number of amides is 2. The molecular formula is C59H96N7O18P3S-4. The standard InChI is InChI=1S/C59H100N7O18P3S/c1-4-5-6-7-8-9-10-11-12-13-14-15-16-17-18-19-20-21-22-23-24-25-26-27-28-29-30-31-32-33-34-35-36-37-47(67)42-50(69)88-41-40-61-49(68)38-39-62-57(72)54(71)59(2,3)44-81-87(78,79)84-86(76,77)80-43-48-53(83-85(73,74)75)52(70)58(82-48)66-46-65-51-55(60)63-45-64-56(51)66/h8-9,11-12,14-15,17-18,45-46,48,52-54,58,70-71H,4-7,10,13,16,19-44H2,1-3H3,(H,61,68)(H,62,72)(H,76,77)(H,78,79)(H2,60,63,64)(H2,73,74,75)/p-4/b9-8-,12-11-,15-14-,18-17-/t48-,52-,53-,54+,58-/m1/s1. The molecule has 0 saturated carbocycles. The molecule has 88 heavy (non-hydrogen) atoms. The van der Waals surface area contributed by atoms with Gasteiger partial charge in [-0.2, -0.15) is 0 Å². The van der Waals surface area contributed by atoms with Gasteiger partial charge >= 0.3 is 0 Å². The zero-order valence-corrected chi connectivity index (χ0v) is 55.0. The number of hydrogen-bond donors (Lipinski definition) is 5. The molecule has 1 fully saturated rings.